The lowest BCUT2D eigenvalue weighted by molar-refractivity contribution is -0.137. The van der Waals surface area contributed by atoms with E-state index >= 15 is 0 Å². The second-order valence-electron chi connectivity index (χ2n) is 11.4. The van der Waals surface area contributed by atoms with E-state index in [-0.39, 0.29) is 18.3 Å². The molecule has 0 saturated carbocycles. The zero-order valence-corrected chi connectivity index (χ0v) is 24.1. The van der Waals surface area contributed by atoms with Crippen LogP contribution in [-0.2, 0) is 4.79 Å². The Bertz CT molecular complexity index is 1630. The van der Waals surface area contributed by atoms with Gasteiger partial charge in [-0.2, -0.15) is 0 Å². The Balaban J connectivity index is 1.61. The van der Waals surface area contributed by atoms with Crippen LogP contribution >= 0.6 is 0 Å². The molecule has 0 radical (unpaired) electrons. The van der Waals surface area contributed by atoms with Gasteiger partial charge in [-0.15, -0.1) is 0 Å². The van der Waals surface area contributed by atoms with Crippen LogP contribution in [0.1, 0.15) is 73.6 Å². The summed E-state index contributed by atoms with van der Waals surface area (Å²) in [5.41, 5.74) is 14.7. The molecule has 8 bridgehead atoms. The van der Waals surface area contributed by atoms with Crippen LogP contribution < -0.4 is 5.32 Å². The van der Waals surface area contributed by atoms with Crippen molar-refractivity contribution in [2.75, 3.05) is 0 Å². The predicted molar refractivity (Wildman–Crippen MR) is 159 cm³/mol. The maximum atomic E-state index is 11.6. The molecule has 5 heterocycles. The van der Waals surface area contributed by atoms with Crippen molar-refractivity contribution >= 4 is 23.1 Å². The van der Waals surface area contributed by atoms with E-state index in [0.717, 1.165) is 86.3 Å². The summed E-state index contributed by atoms with van der Waals surface area (Å²) in [5.74, 6) is -0.462. The molecule has 0 aromatic heterocycles. The first-order chi connectivity index (χ1) is 19.1. The van der Waals surface area contributed by atoms with Gasteiger partial charge in [-0.3, -0.25) is 4.79 Å². The van der Waals surface area contributed by atoms with Gasteiger partial charge in [0.25, 0.3) is 0 Å². The van der Waals surface area contributed by atoms with Crippen LogP contribution in [-0.4, -0.2) is 33.3 Å². The van der Waals surface area contributed by atoms with E-state index in [4.69, 9.17) is 15.0 Å². The molecule has 0 aromatic rings. The molecule has 0 amide bonds. The van der Waals surface area contributed by atoms with E-state index in [2.05, 4.69) is 52.1 Å². The number of nitrogens with one attached hydrogen (secondary N) is 1. The van der Waals surface area contributed by atoms with Gasteiger partial charge in [0.2, 0.25) is 0 Å². The van der Waals surface area contributed by atoms with Gasteiger partial charge in [0, 0.05) is 47.2 Å². The van der Waals surface area contributed by atoms with E-state index in [1.54, 1.807) is 0 Å². The molecule has 6 rings (SSSR count). The van der Waals surface area contributed by atoms with E-state index in [1.165, 1.54) is 11.1 Å². The minimum absolute atomic E-state index is 0.0311. The molecule has 0 unspecified atom stereocenters. The Morgan fingerprint density at radius 2 is 1.57 bits per heavy atom. The third-order valence-corrected chi connectivity index (χ3v) is 9.21. The van der Waals surface area contributed by atoms with E-state index < -0.39 is 5.97 Å². The quantitative estimate of drug-likeness (QED) is 0.354. The molecule has 7 nitrogen and oxygen atoms in total. The van der Waals surface area contributed by atoms with Crippen molar-refractivity contribution in [2.45, 2.75) is 73.6 Å². The second kappa shape index (κ2) is 9.58. The molecule has 0 spiro atoms. The lowest BCUT2D eigenvalue weighted by Gasteiger charge is -2.17. The minimum Gasteiger partial charge on any atom is -0.511 e. The van der Waals surface area contributed by atoms with Gasteiger partial charge in [0.1, 0.15) is 5.76 Å². The zero-order chi connectivity index (χ0) is 28.5. The monoisotopic (exact) mass is 536 g/mol. The summed E-state index contributed by atoms with van der Waals surface area (Å²) >= 11 is 0. The highest BCUT2D eigenvalue weighted by molar-refractivity contribution is 6.21. The number of aliphatic carboxylic acids is 1. The zero-order valence-electron chi connectivity index (χ0n) is 24.1. The fraction of sp³-hybridized carbons (Fsp3) is 0.394. The molecule has 1 fully saturated rings. The van der Waals surface area contributed by atoms with E-state index in [1.807, 2.05) is 13.0 Å². The summed E-state index contributed by atoms with van der Waals surface area (Å²) in [4.78, 5) is 26.8. The van der Waals surface area contributed by atoms with E-state index in [9.17, 15) is 15.0 Å². The van der Waals surface area contributed by atoms with Gasteiger partial charge in [-0.1, -0.05) is 20.8 Å². The smallest absolute Gasteiger partial charge is 0.303 e. The van der Waals surface area contributed by atoms with Crippen molar-refractivity contribution in [1.29, 1.82) is 0 Å². The summed E-state index contributed by atoms with van der Waals surface area (Å²) in [6, 6.07) is 0. The standard InChI is InChI=1S/C33H36N4O3/c1-7-19-15(3)23-12-25-17(5)21(9-10-30(39)40)32(36-25)22-11-29(38)31-18(6)26(37-33(22)31)14-28-20(8-2)16(4)24(35-28)13-27(19)34-23/h12-14,17,21,36,38H,7-11H2,1-6H3,(H,39,40)/t17-,21-/m0/s1. The third kappa shape index (κ3) is 3.94. The SMILES string of the molecule is CCC1=C(C)C2=NC1=CC1=C(C)C3=C(O)CC(=C4NC(=CC5=NC(=C2)C(CC)=C5C)[C@@H](C)[C@@H]4CCC(=O)O)C3=N1. The number of carboxylic acid groups (broad SMARTS) is 1. The van der Waals surface area contributed by atoms with Crippen LogP contribution in [0.3, 0.4) is 0 Å². The van der Waals surface area contributed by atoms with Crippen LogP contribution in [0.2, 0.25) is 0 Å². The van der Waals surface area contributed by atoms with Crippen LogP contribution in [0.25, 0.3) is 0 Å². The number of fused-ring (bicyclic) bond motifs is 5. The highest BCUT2D eigenvalue weighted by Crippen LogP contribution is 2.46. The second-order valence-corrected chi connectivity index (χ2v) is 11.4. The average molecular weight is 537 g/mol. The lowest BCUT2D eigenvalue weighted by atomic mass is 9.86. The summed E-state index contributed by atoms with van der Waals surface area (Å²) < 4.78 is 0. The Morgan fingerprint density at radius 3 is 2.20 bits per heavy atom. The molecular formula is C33H36N4O3. The number of aliphatic hydroxyl groups excluding tert-OH is 1. The van der Waals surface area contributed by atoms with Crippen LogP contribution in [0.4, 0.5) is 0 Å². The van der Waals surface area contributed by atoms with Gasteiger partial charge in [-0.25, -0.2) is 15.0 Å². The van der Waals surface area contributed by atoms with Crippen LogP contribution in [0.15, 0.2) is 106 Å². The molecule has 3 N–H and O–H groups in total. The largest absolute Gasteiger partial charge is 0.511 e. The van der Waals surface area contributed by atoms with Gasteiger partial charge < -0.3 is 15.5 Å². The highest BCUT2D eigenvalue weighted by atomic mass is 16.4. The van der Waals surface area contributed by atoms with Gasteiger partial charge >= 0.3 is 5.97 Å². The third-order valence-electron chi connectivity index (χ3n) is 9.21. The van der Waals surface area contributed by atoms with Gasteiger partial charge in [-0.05, 0) is 86.1 Å². The molecule has 1 saturated heterocycles. The van der Waals surface area contributed by atoms with Crippen LogP contribution in [0.5, 0.6) is 0 Å². The Hall–Kier alpha value is -4.00. The predicted octanol–water partition coefficient (Wildman–Crippen LogP) is 6.93. The normalized spacial score (nSPS) is 25.4. The molecule has 2 atom stereocenters. The number of hydrogen-bond acceptors (Lipinski definition) is 6. The van der Waals surface area contributed by atoms with Crippen molar-refractivity contribution in [3.63, 3.8) is 0 Å². The van der Waals surface area contributed by atoms with Gasteiger partial charge in [0.05, 0.1) is 34.2 Å². The van der Waals surface area contributed by atoms with Crippen LogP contribution in [0, 0.1) is 11.8 Å². The first-order valence-electron chi connectivity index (χ1n) is 14.3. The number of hydrogen-bond donors (Lipinski definition) is 3. The number of rotatable bonds is 5. The average Bonchev–Trinajstić information content (AvgIpc) is 3.65. The van der Waals surface area contributed by atoms with Gasteiger partial charge in [0.15, 0.2) is 0 Å². The summed E-state index contributed by atoms with van der Waals surface area (Å²) in [7, 11) is 0. The highest BCUT2D eigenvalue weighted by Gasteiger charge is 2.41. The number of nitrogens with zero attached hydrogens (tertiary/aromatic N) is 3. The summed E-state index contributed by atoms with van der Waals surface area (Å²) in [6.07, 6.45) is 8.96. The maximum Gasteiger partial charge on any atom is 0.303 e. The topological polar surface area (TPSA) is 107 Å². The molecule has 5 aliphatic heterocycles. The number of aliphatic imine (C=N–C) groups is 3. The first kappa shape index (κ1) is 26.2. The van der Waals surface area contributed by atoms with Crippen molar-refractivity contribution in [2.24, 2.45) is 26.8 Å². The summed E-state index contributed by atoms with van der Waals surface area (Å²) in [6.45, 7) is 12.7. The Labute approximate surface area is 235 Å². The fourth-order valence-corrected chi connectivity index (χ4v) is 6.88. The molecule has 0 aromatic carbocycles. The molecule has 206 valence electrons. The number of allylic oxidation sites excluding steroid dienone is 12. The van der Waals surface area contributed by atoms with Crippen molar-refractivity contribution in [1.82, 2.24) is 5.32 Å². The Morgan fingerprint density at radius 1 is 0.950 bits per heavy atom. The molecule has 7 heteroatoms. The molecule has 40 heavy (non-hydrogen) atoms. The molecule has 6 aliphatic rings. The summed E-state index contributed by atoms with van der Waals surface area (Å²) in [5, 5.41) is 24.3. The van der Waals surface area contributed by atoms with Crippen molar-refractivity contribution in [3.8, 4) is 0 Å². The number of aliphatic hydroxyl groups is 1. The minimum atomic E-state index is -0.808. The first-order valence-corrected chi connectivity index (χ1v) is 14.3. The molecular weight excluding hydrogens is 500 g/mol. The van der Waals surface area contributed by atoms with Crippen molar-refractivity contribution in [3.05, 3.63) is 91.5 Å². The lowest BCUT2D eigenvalue weighted by Crippen LogP contribution is -2.15. The van der Waals surface area contributed by atoms with Crippen molar-refractivity contribution < 1.29 is 15.0 Å². The number of carbonyl (C=O) groups is 1. The Kier molecular flexibility index (Phi) is 6.28. The van der Waals surface area contributed by atoms with E-state index in [0.29, 0.717) is 18.6 Å². The number of carboxylic acids is 1. The maximum absolute atomic E-state index is 11.6. The molecule has 1 aliphatic carbocycles. The fourth-order valence-electron chi connectivity index (χ4n) is 6.88.